The second kappa shape index (κ2) is 9.07. The van der Waals surface area contributed by atoms with Crippen LogP contribution in [0.4, 0.5) is 5.69 Å². The molecule has 3 aromatic carbocycles. The van der Waals surface area contributed by atoms with Crippen LogP contribution in [0.15, 0.2) is 89.9 Å². The second-order valence-corrected chi connectivity index (χ2v) is 9.77. The van der Waals surface area contributed by atoms with Crippen molar-refractivity contribution in [2.75, 3.05) is 10.5 Å². The zero-order valence-corrected chi connectivity index (χ0v) is 19.1. The third-order valence-corrected chi connectivity index (χ3v) is 7.00. The fourth-order valence-corrected chi connectivity index (χ4v) is 5.17. The van der Waals surface area contributed by atoms with Crippen LogP contribution in [0, 0.1) is 0 Å². The van der Waals surface area contributed by atoms with Gasteiger partial charge in [-0.25, -0.2) is 13.4 Å². The van der Waals surface area contributed by atoms with Crippen molar-refractivity contribution in [2.24, 2.45) is 10.7 Å². The lowest BCUT2D eigenvalue weighted by atomic mass is 9.83. The van der Waals surface area contributed by atoms with Crippen molar-refractivity contribution in [1.82, 2.24) is 4.90 Å². The first kappa shape index (κ1) is 22.5. The summed E-state index contributed by atoms with van der Waals surface area (Å²) < 4.78 is 26.9. The van der Waals surface area contributed by atoms with Gasteiger partial charge in [0.25, 0.3) is 5.91 Å². The number of nitrogens with two attached hydrogens (primary N) is 1. The van der Waals surface area contributed by atoms with Crippen LogP contribution in [0.1, 0.15) is 30.0 Å². The van der Waals surface area contributed by atoms with Gasteiger partial charge >= 0.3 is 0 Å². The van der Waals surface area contributed by atoms with E-state index in [0.29, 0.717) is 12.1 Å². The number of carbonyl (C=O) groups excluding carboxylic acids is 1. The van der Waals surface area contributed by atoms with Gasteiger partial charge in [-0.3, -0.25) is 14.4 Å². The number of aliphatic imine (C=N–C) groups is 1. The minimum absolute atomic E-state index is 0.0398. The lowest BCUT2D eigenvalue weighted by Gasteiger charge is -2.27. The molecule has 170 valence electrons. The molecule has 0 fully saturated rings. The molecule has 0 bridgehead atoms. The smallest absolute Gasteiger partial charge is 0.266 e. The van der Waals surface area contributed by atoms with Crippen LogP contribution in [-0.4, -0.2) is 30.9 Å². The summed E-state index contributed by atoms with van der Waals surface area (Å²) in [6.07, 6.45) is 0.519. The van der Waals surface area contributed by atoms with E-state index in [1.807, 2.05) is 73.7 Å². The molecule has 4 rings (SSSR count). The van der Waals surface area contributed by atoms with E-state index >= 15 is 0 Å². The Balaban J connectivity index is 1.67. The third kappa shape index (κ3) is 4.47. The van der Waals surface area contributed by atoms with Crippen LogP contribution in [0.5, 0.6) is 0 Å². The number of hydrogen-bond acceptors (Lipinski definition) is 5. The number of guanidine groups is 1. The Hall–Kier alpha value is -3.65. The van der Waals surface area contributed by atoms with Gasteiger partial charge in [0.05, 0.1) is 12.3 Å². The van der Waals surface area contributed by atoms with E-state index in [2.05, 4.69) is 9.71 Å². The van der Waals surface area contributed by atoms with Gasteiger partial charge in [0.1, 0.15) is 0 Å². The van der Waals surface area contributed by atoms with E-state index in [-0.39, 0.29) is 24.2 Å². The van der Waals surface area contributed by atoms with E-state index in [4.69, 9.17) is 5.73 Å². The van der Waals surface area contributed by atoms with Crippen molar-refractivity contribution in [3.8, 4) is 0 Å². The van der Waals surface area contributed by atoms with Crippen LogP contribution >= 0.6 is 0 Å². The molecule has 3 aromatic rings. The SMILES string of the molecule is CCCS(=O)(=O)Nc1cccc(CN2C(=O)C(c3ccccc3)(c3ccccc3)N=C2N)c1. The quantitative estimate of drug-likeness (QED) is 0.535. The summed E-state index contributed by atoms with van der Waals surface area (Å²) in [4.78, 5) is 20.0. The zero-order valence-electron chi connectivity index (χ0n) is 18.3. The molecule has 33 heavy (non-hydrogen) atoms. The van der Waals surface area contributed by atoms with Crippen molar-refractivity contribution in [3.63, 3.8) is 0 Å². The number of nitrogens with zero attached hydrogens (tertiary/aromatic N) is 2. The minimum Gasteiger partial charge on any atom is -0.369 e. The van der Waals surface area contributed by atoms with E-state index < -0.39 is 15.6 Å². The summed E-state index contributed by atoms with van der Waals surface area (Å²) in [6, 6.07) is 25.7. The normalized spacial score (nSPS) is 15.4. The van der Waals surface area contributed by atoms with E-state index in [0.717, 1.165) is 16.7 Å². The van der Waals surface area contributed by atoms with Crippen molar-refractivity contribution in [2.45, 2.75) is 25.4 Å². The maximum atomic E-state index is 13.9. The highest BCUT2D eigenvalue weighted by molar-refractivity contribution is 7.92. The van der Waals surface area contributed by atoms with Crippen molar-refractivity contribution in [1.29, 1.82) is 0 Å². The molecule has 1 aliphatic rings. The number of nitrogens with one attached hydrogen (secondary N) is 1. The standard InChI is InChI=1S/C25H26N4O3S/c1-2-16-33(31,32)28-22-15-9-10-19(17-22)18-29-23(30)25(27-24(29)26,20-11-5-3-6-12-20)21-13-7-4-8-14-21/h3-15,17,28H,2,16,18H2,1H3,(H2,26,27). The molecule has 1 amide bonds. The Bertz CT molecular complexity index is 1240. The molecule has 0 saturated heterocycles. The number of anilines is 1. The highest BCUT2D eigenvalue weighted by atomic mass is 32.2. The van der Waals surface area contributed by atoms with Crippen LogP contribution in [0.3, 0.4) is 0 Å². The molecule has 8 heteroatoms. The minimum atomic E-state index is -3.42. The summed E-state index contributed by atoms with van der Waals surface area (Å²) in [5.74, 6) is -0.1000. The molecular weight excluding hydrogens is 436 g/mol. The molecule has 0 atom stereocenters. The molecule has 0 saturated carbocycles. The van der Waals surface area contributed by atoms with Crippen LogP contribution in [0.25, 0.3) is 0 Å². The lowest BCUT2D eigenvalue weighted by Crippen LogP contribution is -2.43. The largest absolute Gasteiger partial charge is 0.369 e. The molecule has 1 aliphatic heterocycles. The number of carbonyl (C=O) groups is 1. The monoisotopic (exact) mass is 462 g/mol. The maximum Gasteiger partial charge on any atom is 0.266 e. The third-order valence-electron chi connectivity index (χ3n) is 5.51. The molecule has 0 unspecified atom stereocenters. The Kier molecular flexibility index (Phi) is 6.20. The summed E-state index contributed by atoms with van der Waals surface area (Å²) in [5.41, 5.74) is 7.65. The second-order valence-electron chi connectivity index (χ2n) is 7.93. The number of sulfonamides is 1. The highest BCUT2D eigenvalue weighted by Crippen LogP contribution is 2.40. The van der Waals surface area contributed by atoms with E-state index in [9.17, 15) is 13.2 Å². The van der Waals surface area contributed by atoms with Crippen molar-refractivity contribution < 1.29 is 13.2 Å². The van der Waals surface area contributed by atoms with Gasteiger partial charge in [-0.05, 0) is 35.2 Å². The van der Waals surface area contributed by atoms with E-state index in [1.54, 1.807) is 18.2 Å². The topological polar surface area (TPSA) is 105 Å². The molecule has 1 heterocycles. The average Bonchev–Trinajstić information content (AvgIpc) is 3.06. The average molecular weight is 463 g/mol. The first-order valence-corrected chi connectivity index (χ1v) is 12.4. The molecule has 0 aromatic heterocycles. The highest BCUT2D eigenvalue weighted by Gasteiger charge is 2.50. The Morgan fingerprint density at radius 3 is 2.12 bits per heavy atom. The van der Waals surface area contributed by atoms with Crippen LogP contribution in [0.2, 0.25) is 0 Å². The Morgan fingerprint density at radius 2 is 1.55 bits per heavy atom. The Morgan fingerprint density at radius 1 is 0.939 bits per heavy atom. The molecule has 7 nitrogen and oxygen atoms in total. The van der Waals surface area contributed by atoms with Gasteiger partial charge in [-0.15, -0.1) is 0 Å². The van der Waals surface area contributed by atoms with Gasteiger partial charge in [-0.1, -0.05) is 79.7 Å². The molecule has 0 spiro atoms. The summed E-state index contributed by atoms with van der Waals surface area (Å²) in [7, 11) is -3.42. The predicted molar refractivity (Wildman–Crippen MR) is 130 cm³/mol. The molecule has 0 radical (unpaired) electrons. The predicted octanol–water partition coefficient (Wildman–Crippen LogP) is 3.44. The fraction of sp³-hybridized carbons (Fsp3) is 0.200. The van der Waals surface area contributed by atoms with Gasteiger partial charge in [0, 0.05) is 5.69 Å². The maximum absolute atomic E-state index is 13.9. The first-order valence-electron chi connectivity index (χ1n) is 10.7. The van der Waals surface area contributed by atoms with Gasteiger partial charge in [0.15, 0.2) is 11.5 Å². The van der Waals surface area contributed by atoms with Crippen molar-refractivity contribution in [3.05, 3.63) is 102 Å². The summed E-state index contributed by atoms with van der Waals surface area (Å²) >= 11 is 0. The van der Waals surface area contributed by atoms with Crippen LogP contribution < -0.4 is 10.5 Å². The van der Waals surface area contributed by atoms with Crippen molar-refractivity contribution >= 4 is 27.6 Å². The van der Waals surface area contributed by atoms with Gasteiger partial charge in [0.2, 0.25) is 10.0 Å². The number of benzene rings is 3. The molecule has 0 aliphatic carbocycles. The fourth-order valence-electron chi connectivity index (χ4n) is 4.05. The lowest BCUT2D eigenvalue weighted by molar-refractivity contribution is -0.130. The number of hydrogen-bond donors (Lipinski definition) is 2. The first-order chi connectivity index (χ1) is 15.9. The van der Waals surface area contributed by atoms with E-state index in [1.165, 1.54) is 4.90 Å². The Labute approximate surface area is 194 Å². The van der Waals surface area contributed by atoms with Crippen LogP contribution in [-0.2, 0) is 26.9 Å². The number of rotatable bonds is 8. The van der Waals surface area contributed by atoms with Gasteiger partial charge < -0.3 is 5.73 Å². The summed E-state index contributed by atoms with van der Waals surface area (Å²) in [6.45, 7) is 1.97. The zero-order chi connectivity index (χ0) is 23.5. The van der Waals surface area contributed by atoms with Gasteiger partial charge in [-0.2, -0.15) is 0 Å². The molecular formula is C25H26N4O3S. The molecule has 3 N–H and O–H groups in total. The number of amides is 1. The summed E-state index contributed by atoms with van der Waals surface area (Å²) in [5, 5.41) is 0.